The van der Waals surface area contributed by atoms with E-state index in [1.165, 1.54) is 18.2 Å². The second kappa shape index (κ2) is 12.4. The SMILES string of the molecule is C.CN(C)C1(C)CCN(C(=O)c2ccc(Nc3ncc4c(n3)-c3ccc(Cl)cc3C(c3c(F)cccc3F)=NC4)cc2)CC1. The van der Waals surface area contributed by atoms with Crippen molar-refractivity contribution in [3.63, 3.8) is 0 Å². The number of halogens is 3. The van der Waals surface area contributed by atoms with E-state index in [0.29, 0.717) is 44.6 Å². The summed E-state index contributed by atoms with van der Waals surface area (Å²) < 4.78 is 29.6. The Balaban J connectivity index is 0.00000384. The van der Waals surface area contributed by atoms with Gasteiger partial charge in [0.05, 0.1) is 23.5 Å². The van der Waals surface area contributed by atoms with E-state index >= 15 is 0 Å². The van der Waals surface area contributed by atoms with E-state index in [0.717, 1.165) is 25.9 Å². The van der Waals surface area contributed by atoms with Crippen molar-refractivity contribution in [3.05, 3.63) is 106 Å². The molecule has 0 aliphatic carbocycles. The van der Waals surface area contributed by atoms with Crippen LogP contribution >= 0.6 is 11.6 Å². The molecule has 7 nitrogen and oxygen atoms in total. The Labute approximate surface area is 261 Å². The van der Waals surface area contributed by atoms with Crippen molar-refractivity contribution in [3.8, 4) is 11.3 Å². The molecule has 6 rings (SSSR count). The predicted molar refractivity (Wildman–Crippen MR) is 172 cm³/mol. The fraction of sp³-hybridized carbons (Fsp3) is 0.294. The summed E-state index contributed by atoms with van der Waals surface area (Å²) in [4.78, 5) is 31.1. The van der Waals surface area contributed by atoms with Gasteiger partial charge < -0.3 is 15.1 Å². The monoisotopic (exact) mass is 616 g/mol. The number of carbonyl (C=O) groups is 1. The summed E-state index contributed by atoms with van der Waals surface area (Å²) in [5.74, 6) is -1.07. The van der Waals surface area contributed by atoms with Crippen molar-refractivity contribution in [2.45, 2.75) is 39.3 Å². The second-order valence-corrected chi connectivity index (χ2v) is 11.8. The molecular weight excluding hydrogens is 582 g/mol. The van der Waals surface area contributed by atoms with Crippen LogP contribution in [0.1, 0.15) is 54.2 Å². The van der Waals surface area contributed by atoms with Gasteiger partial charge in [-0.05, 0) is 82.4 Å². The molecule has 4 aromatic rings. The van der Waals surface area contributed by atoms with Crippen LogP contribution in [-0.2, 0) is 6.54 Å². The molecule has 1 aromatic heterocycles. The number of aromatic nitrogens is 2. The number of aliphatic imine (C=N–C) groups is 1. The molecule has 3 aromatic carbocycles. The minimum absolute atomic E-state index is 0. The highest BCUT2D eigenvalue weighted by Crippen LogP contribution is 2.35. The molecule has 1 fully saturated rings. The van der Waals surface area contributed by atoms with Crippen molar-refractivity contribution >= 4 is 34.9 Å². The number of carbonyl (C=O) groups excluding carboxylic acids is 1. The number of piperidine rings is 1. The lowest BCUT2D eigenvalue weighted by molar-refractivity contribution is 0.0494. The number of anilines is 2. The van der Waals surface area contributed by atoms with Gasteiger partial charge in [0.15, 0.2) is 0 Å². The average Bonchev–Trinajstić information content (AvgIpc) is 3.14. The Bertz CT molecular complexity index is 1710. The number of nitrogens with one attached hydrogen (secondary N) is 1. The standard InChI is InChI=1S/C33H31ClF2N6O.CH4/c1-33(41(2)3)13-15-42(16-14-33)31(43)20-7-10-23(11-8-20)39-32-38-19-21-18-37-30(28-26(35)5-4-6-27(28)36)25-17-22(34)9-12-24(25)29(21)40-32;/h4-12,17,19H,13-16,18H2,1-3H3,(H,38,39,40);1H4. The maximum atomic E-state index is 14.8. The zero-order valence-electron chi connectivity index (χ0n) is 24.2. The molecule has 10 heteroatoms. The molecule has 1 N–H and O–H groups in total. The third-order valence-electron chi connectivity index (χ3n) is 8.56. The molecule has 0 spiro atoms. The summed E-state index contributed by atoms with van der Waals surface area (Å²) in [6, 6.07) is 16.1. The number of hydrogen-bond donors (Lipinski definition) is 1. The number of amides is 1. The van der Waals surface area contributed by atoms with Crippen LogP contribution in [0.3, 0.4) is 0 Å². The molecule has 0 saturated carbocycles. The molecule has 0 unspecified atom stereocenters. The summed E-state index contributed by atoms with van der Waals surface area (Å²) in [5, 5.41) is 3.62. The Morgan fingerprint density at radius 3 is 2.34 bits per heavy atom. The van der Waals surface area contributed by atoms with Gasteiger partial charge in [-0.2, -0.15) is 0 Å². The third-order valence-corrected chi connectivity index (χ3v) is 8.79. The van der Waals surface area contributed by atoms with Gasteiger partial charge in [0, 0.05) is 57.8 Å². The van der Waals surface area contributed by atoms with Crippen LogP contribution in [0.25, 0.3) is 11.3 Å². The first kappa shape index (κ1) is 31.2. The molecule has 0 radical (unpaired) electrons. The smallest absolute Gasteiger partial charge is 0.253 e. The average molecular weight is 617 g/mol. The van der Waals surface area contributed by atoms with E-state index in [-0.39, 0.29) is 36.7 Å². The summed E-state index contributed by atoms with van der Waals surface area (Å²) in [6.07, 6.45) is 3.51. The van der Waals surface area contributed by atoms with Gasteiger partial charge in [0.2, 0.25) is 5.95 Å². The number of fused-ring (bicyclic) bond motifs is 3. The van der Waals surface area contributed by atoms with Crippen molar-refractivity contribution in [2.75, 3.05) is 32.5 Å². The lowest BCUT2D eigenvalue weighted by atomic mass is 9.88. The van der Waals surface area contributed by atoms with Crippen LogP contribution in [0.5, 0.6) is 0 Å². The first-order chi connectivity index (χ1) is 20.6. The van der Waals surface area contributed by atoms with Gasteiger partial charge in [0.25, 0.3) is 5.91 Å². The van der Waals surface area contributed by atoms with Crippen LogP contribution in [0.15, 0.2) is 71.9 Å². The molecule has 0 bridgehead atoms. The minimum atomic E-state index is -0.710. The Morgan fingerprint density at radius 1 is 1.00 bits per heavy atom. The van der Waals surface area contributed by atoms with E-state index in [4.69, 9.17) is 16.6 Å². The van der Waals surface area contributed by atoms with Crippen molar-refractivity contribution in [1.82, 2.24) is 19.8 Å². The minimum Gasteiger partial charge on any atom is -0.339 e. The Kier molecular flexibility index (Phi) is 8.81. The molecule has 44 heavy (non-hydrogen) atoms. The third kappa shape index (κ3) is 5.94. The Hall–Kier alpha value is -4.21. The second-order valence-electron chi connectivity index (χ2n) is 11.4. The maximum absolute atomic E-state index is 14.8. The van der Waals surface area contributed by atoms with Crippen LogP contribution in [0, 0.1) is 11.6 Å². The van der Waals surface area contributed by atoms with Crippen LogP contribution in [0.2, 0.25) is 5.02 Å². The van der Waals surface area contributed by atoms with E-state index in [9.17, 15) is 13.6 Å². The van der Waals surface area contributed by atoms with Gasteiger partial charge in [0.1, 0.15) is 11.6 Å². The lowest BCUT2D eigenvalue weighted by Crippen LogP contribution is -2.51. The molecule has 2 aliphatic rings. The predicted octanol–water partition coefficient (Wildman–Crippen LogP) is 7.36. The lowest BCUT2D eigenvalue weighted by Gasteiger charge is -2.43. The molecule has 0 atom stereocenters. The van der Waals surface area contributed by atoms with Crippen molar-refractivity contribution in [2.24, 2.45) is 4.99 Å². The number of rotatable bonds is 5. The zero-order valence-corrected chi connectivity index (χ0v) is 24.9. The zero-order chi connectivity index (χ0) is 30.3. The van der Waals surface area contributed by atoms with E-state index < -0.39 is 11.6 Å². The van der Waals surface area contributed by atoms with Crippen molar-refractivity contribution in [1.29, 1.82) is 0 Å². The van der Waals surface area contributed by atoms with Gasteiger partial charge in [-0.25, -0.2) is 18.7 Å². The summed E-state index contributed by atoms with van der Waals surface area (Å²) in [7, 11) is 4.17. The maximum Gasteiger partial charge on any atom is 0.253 e. The van der Waals surface area contributed by atoms with E-state index in [1.807, 2.05) is 17.0 Å². The fourth-order valence-corrected chi connectivity index (χ4v) is 5.74. The molecule has 1 saturated heterocycles. The van der Waals surface area contributed by atoms with Crippen LogP contribution in [-0.4, -0.2) is 64.1 Å². The Morgan fingerprint density at radius 2 is 1.68 bits per heavy atom. The number of likely N-dealkylation sites (tertiary alicyclic amines) is 1. The van der Waals surface area contributed by atoms with Crippen LogP contribution in [0.4, 0.5) is 20.4 Å². The normalized spacial score (nSPS) is 15.4. The summed E-state index contributed by atoms with van der Waals surface area (Å²) >= 11 is 6.32. The van der Waals surface area contributed by atoms with Crippen molar-refractivity contribution < 1.29 is 13.6 Å². The molecule has 1 amide bonds. The van der Waals surface area contributed by atoms with Gasteiger partial charge in [-0.3, -0.25) is 9.79 Å². The first-order valence-electron chi connectivity index (χ1n) is 14.1. The fourth-order valence-electron chi connectivity index (χ4n) is 5.57. The van der Waals surface area contributed by atoms with Gasteiger partial charge in [-0.1, -0.05) is 31.2 Å². The summed E-state index contributed by atoms with van der Waals surface area (Å²) in [6.45, 7) is 3.81. The number of nitrogens with zero attached hydrogens (tertiary/aromatic N) is 5. The highest BCUT2D eigenvalue weighted by molar-refractivity contribution is 6.31. The van der Waals surface area contributed by atoms with Gasteiger partial charge >= 0.3 is 0 Å². The molecule has 228 valence electrons. The van der Waals surface area contributed by atoms with Crippen LogP contribution < -0.4 is 5.32 Å². The topological polar surface area (TPSA) is 73.7 Å². The summed E-state index contributed by atoms with van der Waals surface area (Å²) in [5.41, 5.74) is 3.80. The molecule has 2 aliphatic heterocycles. The van der Waals surface area contributed by atoms with Gasteiger partial charge in [-0.15, -0.1) is 0 Å². The highest BCUT2D eigenvalue weighted by atomic mass is 35.5. The quantitative estimate of drug-likeness (QED) is 0.254. The van der Waals surface area contributed by atoms with E-state index in [1.54, 1.807) is 36.5 Å². The first-order valence-corrected chi connectivity index (χ1v) is 14.5. The highest BCUT2D eigenvalue weighted by Gasteiger charge is 2.33. The molecular formula is C34H35ClF2N6O. The molecule has 3 heterocycles. The largest absolute Gasteiger partial charge is 0.339 e. The number of hydrogen-bond acceptors (Lipinski definition) is 6. The van der Waals surface area contributed by atoms with E-state index in [2.05, 4.69) is 41.2 Å². The number of benzene rings is 3.